The molecule has 8 heteroatoms. The topological polar surface area (TPSA) is 58.2 Å². The lowest BCUT2D eigenvalue weighted by Crippen LogP contribution is -2.33. The summed E-state index contributed by atoms with van der Waals surface area (Å²) in [5, 5.41) is 6.39. The van der Waals surface area contributed by atoms with Gasteiger partial charge in [-0.05, 0) is 36.4 Å². The van der Waals surface area contributed by atoms with E-state index in [1.54, 1.807) is 12.1 Å². The summed E-state index contributed by atoms with van der Waals surface area (Å²) in [5.74, 6) is -0.891. The second-order valence-corrected chi connectivity index (χ2v) is 6.14. The fourth-order valence-corrected chi connectivity index (χ4v) is 2.50. The van der Waals surface area contributed by atoms with E-state index in [2.05, 4.69) is 10.6 Å². The van der Waals surface area contributed by atoms with Crippen molar-refractivity contribution in [3.05, 3.63) is 62.1 Å². The van der Waals surface area contributed by atoms with Crippen LogP contribution < -0.4 is 10.6 Å². The van der Waals surface area contributed by atoms with Gasteiger partial charge >= 0.3 is 0 Å². The summed E-state index contributed by atoms with van der Waals surface area (Å²) in [4.78, 5) is 23.8. The van der Waals surface area contributed by atoms with Crippen molar-refractivity contribution in [2.24, 2.45) is 0 Å². The lowest BCUT2D eigenvalue weighted by molar-refractivity contribution is -0.115. The number of hydrogen-bond donors (Lipinski definition) is 2. The molecule has 4 nitrogen and oxygen atoms in total. The van der Waals surface area contributed by atoms with Gasteiger partial charge in [-0.2, -0.15) is 0 Å². The molecular formula is C15H10Cl4N2O2. The van der Waals surface area contributed by atoms with Crippen LogP contribution in [-0.4, -0.2) is 18.4 Å². The van der Waals surface area contributed by atoms with Crippen molar-refractivity contribution in [3.8, 4) is 0 Å². The number of benzene rings is 2. The van der Waals surface area contributed by atoms with Crippen LogP contribution in [0, 0.1) is 0 Å². The van der Waals surface area contributed by atoms with Gasteiger partial charge in [-0.25, -0.2) is 0 Å². The van der Waals surface area contributed by atoms with E-state index in [4.69, 9.17) is 46.4 Å². The predicted molar refractivity (Wildman–Crippen MR) is 93.9 cm³/mol. The minimum Gasteiger partial charge on any atom is -0.343 e. The molecular weight excluding hydrogens is 382 g/mol. The van der Waals surface area contributed by atoms with E-state index in [-0.39, 0.29) is 17.1 Å². The van der Waals surface area contributed by atoms with Crippen LogP contribution in [-0.2, 0) is 4.79 Å². The Labute approximate surface area is 152 Å². The molecule has 0 heterocycles. The summed E-state index contributed by atoms with van der Waals surface area (Å²) < 4.78 is 0. The molecule has 0 aliphatic carbocycles. The predicted octanol–water partition coefficient (Wildman–Crippen LogP) is 4.67. The molecule has 2 rings (SSSR count). The normalized spacial score (nSPS) is 10.3. The molecule has 0 spiro atoms. The van der Waals surface area contributed by atoms with Crippen molar-refractivity contribution in [1.29, 1.82) is 0 Å². The van der Waals surface area contributed by atoms with Gasteiger partial charge in [0.25, 0.3) is 5.91 Å². The van der Waals surface area contributed by atoms with Gasteiger partial charge in [-0.1, -0.05) is 46.4 Å². The molecule has 0 aliphatic heterocycles. The number of amides is 2. The summed E-state index contributed by atoms with van der Waals surface area (Å²) in [6.07, 6.45) is 0. The Bertz CT molecular complexity index is 765. The van der Waals surface area contributed by atoms with Gasteiger partial charge in [0.05, 0.1) is 27.2 Å². The first-order valence-electron chi connectivity index (χ1n) is 6.35. The van der Waals surface area contributed by atoms with E-state index < -0.39 is 11.8 Å². The fraction of sp³-hybridized carbons (Fsp3) is 0.0667. The Morgan fingerprint density at radius 2 is 1.61 bits per heavy atom. The lowest BCUT2D eigenvalue weighted by atomic mass is 10.2. The van der Waals surface area contributed by atoms with Crippen LogP contribution in [0.2, 0.25) is 20.1 Å². The molecule has 0 aliphatic rings. The average molecular weight is 392 g/mol. The zero-order valence-electron chi connectivity index (χ0n) is 11.5. The minimum atomic E-state index is -0.476. The van der Waals surface area contributed by atoms with Crippen LogP contribution in [0.4, 0.5) is 5.69 Å². The van der Waals surface area contributed by atoms with Crippen LogP contribution >= 0.6 is 46.4 Å². The summed E-state index contributed by atoms with van der Waals surface area (Å²) in [6.45, 7) is -0.224. The number of carbonyl (C=O) groups is 2. The number of rotatable bonds is 4. The zero-order valence-corrected chi connectivity index (χ0v) is 14.5. The molecule has 0 aromatic heterocycles. The molecule has 2 amide bonds. The minimum absolute atomic E-state index is 0.208. The second kappa shape index (κ2) is 7.88. The Morgan fingerprint density at radius 1 is 0.870 bits per heavy atom. The van der Waals surface area contributed by atoms with Crippen molar-refractivity contribution < 1.29 is 9.59 Å². The second-order valence-electron chi connectivity index (χ2n) is 4.48. The van der Waals surface area contributed by atoms with E-state index in [0.29, 0.717) is 20.8 Å². The monoisotopic (exact) mass is 390 g/mol. The molecule has 0 fully saturated rings. The molecule has 0 radical (unpaired) electrons. The first kappa shape index (κ1) is 17.9. The molecule has 0 atom stereocenters. The SMILES string of the molecule is O=C(CNC(=O)c1ccc(Cl)cc1Cl)Nc1ccc(Cl)c(Cl)c1. The highest BCUT2D eigenvalue weighted by Crippen LogP contribution is 2.25. The molecule has 0 saturated heterocycles. The number of hydrogen-bond acceptors (Lipinski definition) is 2. The number of anilines is 1. The van der Waals surface area contributed by atoms with Crippen molar-refractivity contribution >= 4 is 63.9 Å². The fourth-order valence-electron chi connectivity index (χ4n) is 1.71. The highest BCUT2D eigenvalue weighted by Gasteiger charge is 2.12. The molecule has 23 heavy (non-hydrogen) atoms. The Balaban J connectivity index is 1.93. The summed E-state index contributed by atoms with van der Waals surface area (Å²) in [5.41, 5.74) is 0.710. The maximum Gasteiger partial charge on any atom is 0.253 e. The van der Waals surface area contributed by atoms with Gasteiger partial charge < -0.3 is 10.6 Å². The first-order chi connectivity index (χ1) is 10.9. The van der Waals surface area contributed by atoms with Crippen LogP contribution in [0.5, 0.6) is 0 Å². The van der Waals surface area contributed by atoms with Gasteiger partial charge in [0, 0.05) is 10.7 Å². The van der Waals surface area contributed by atoms with Crippen LogP contribution in [0.3, 0.4) is 0 Å². The molecule has 2 aromatic carbocycles. The molecule has 2 N–H and O–H groups in total. The van der Waals surface area contributed by atoms with Crippen molar-refractivity contribution in [1.82, 2.24) is 5.32 Å². The average Bonchev–Trinajstić information content (AvgIpc) is 2.48. The zero-order chi connectivity index (χ0) is 17.0. The summed E-state index contributed by atoms with van der Waals surface area (Å²) in [6, 6.07) is 9.15. The van der Waals surface area contributed by atoms with E-state index in [9.17, 15) is 9.59 Å². The van der Waals surface area contributed by atoms with Crippen molar-refractivity contribution in [3.63, 3.8) is 0 Å². The van der Waals surface area contributed by atoms with Gasteiger partial charge in [0.1, 0.15) is 0 Å². The maximum atomic E-state index is 12.0. The maximum absolute atomic E-state index is 12.0. The van der Waals surface area contributed by atoms with E-state index >= 15 is 0 Å². The summed E-state index contributed by atoms with van der Waals surface area (Å²) in [7, 11) is 0. The highest BCUT2D eigenvalue weighted by atomic mass is 35.5. The smallest absolute Gasteiger partial charge is 0.253 e. The van der Waals surface area contributed by atoms with E-state index in [1.165, 1.54) is 24.3 Å². The van der Waals surface area contributed by atoms with E-state index in [0.717, 1.165) is 0 Å². The largest absolute Gasteiger partial charge is 0.343 e. The lowest BCUT2D eigenvalue weighted by Gasteiger charge is -2.09. The third kappa shape index (κ3) is 5.01. The summed E-state index contributed by atoms with van der Waals surface area (Å²) >= 11 is 23.3. The van der Waals surface area contributed by atoms with Gasteiger partial charge in [0.2, 0.25) is 5.91 Å². The van der Waals surface area contributed by atoms with Gasteiger partial charge in [-0.3, -0.25) is 9.59 Å². The van der Waals surface area contributed by atoms with Crippen LogP contribution in [0.1, 0.15) is 10.4 Å². The van der Waals surface area contributed by atoms with Gasteiger partial charge in [-0.15, -0.1) is 0 Å². The van der Waals surface area contributed by atoms with Crippen LogP contribution in [0.15, 0.2) is 36.4 Å². The number of halogens is 4. The van der Waals surface area contributed by atoms with Crippen LogP contribution in [0.25, 0.3) is 0 Å². The molecule has 120 valence electrons. The number of carbonyl (C=O) groups excluding carboxylic acids is 2. The Hall–Kier alpha value is -1.46. The third-order valence-corrected chi connectivity index (χ3v) is 4.08. The standard InChI is InChI=1S/C15H10Cl4N2O2/c16-8-1-3-10(12(18)5-8)15(23)20-7-14(22)21-9-2-4-11(17)13(19)6-9/h1-6H,7H2,(H,20,23)(H,21,22). The van der Waals surface area contributed by atoms with Crippen molar-refractivity contribution in [2.45, 2.75) is 0 Å². The van der Waals surface area contributed by atoms with Crippen molar-refractivity contribution in [2.75, 3.05) is 11.9 Å². The van der Waals surface area contributed by atoms with Gasteiger partial charge in [0.15, 0.2) is 0 Å². The Morgan fingerprint density at radius 3 is 2.26 bits per heavy atom. The molecule has 2 aromatic rings. The first-order valence-corrected chi connectivity index (χ1v) is 7.86. The number of nitrogens with one attached hydrogen (secondary N) is 2. The molecule has 0 unspecified atom stereocenters. The Kier molecular flexibility index (Phi) is 6.13. The third-order valence-electron chi connectivity index (χ3n) is 2.79. The molecule has 0 bridgehead atoms. The van der Waals surface area contributed by atoms with E-state index in [1.807, 2.05) is 0 Å². The highest BCUT2D eigenvalue weighted by molar-refractivity contribution is 6.42. The quantitative estimate of drug-likeness (QED) is 0.795. The molecule has 0 saturated carbocycles.